The number of nitrogens with zero attached hydrogens (tertiary/aromatic N) is 1. The highest BCUT2D eigenvalue weighted by Crippen LogP contribution is 2.40. The van der Waals surface area contributed by atoms with Crippen LogP contribution in [0.25, 0.3) is 0 Å². The fourth-order valence-corrected chi connectivity index (χ4v) is 5.44. The number of hydrogen-bond donors (Lipinski definition) is 0. The first-order chi connectivity index (χ1) is 15.5. The molecule has 178 valence electrons. The van der Waals surface area contributed by atoms with Crippen molar-refractivity contribution in [3.05, 3.63) is 83.4 Å². The van der Waals surface area contributed by atoms with E-state index in [1.807, 2.05) is 23.1 Å². The average Bonchev–Trinajstić information content (AvgIpc) is 2.76. The second-order valence-electron chi connectivity index (χ2n) is 11.0. The molecule has 0 aliphatic carbocycles. The van der Waals surface area contributed by atoms with E-state index in [-0.39, 0.29) is 29.0 Å². The molecule has 2 aromatic rings. The standard InChI is InChI=1S/C29H41NO2Si/c1-8-24-20-28(31)30(21-23-12-10-9-11-13-23)26(25-16-14-22(2)15-17-25)18-19-27(24)32-33(6,7)29(3,4)5/h9-19,24,26-27H,8,20-21H2,1-7H3/b19-18-/t24-,26-,27-/m1/s1. The van der Waals surface area contributed by atoms with Gasteiger partial charge in [-0.05, 0) is 42.1 Å². The third-order valence-electron chi connectivity index (χ3n) is 7.42. The summed E-state index contributed by atoms with van der Waals surface area (Å²) in [6, 6.07) is 18.8. The molecule has 1 amide bonds. The summed E-state index contributed by atoms with van der Waals surface area (Å²) >= 11 is 0. The minimum absolute atomic E-state index is 0.0355. The van der Waals surface area contributed by atoms with E-state index < -0.39 is 8.32 Å². The van der Waals surface area contributed by atoms with Crippen LogP contribution in [0.4, 0.5) is 0 Å². The SMILES string of the molecule is CC[C@@H]1CC(=O)N(Cc2ccccc2)[C@@H](c2ccc(C)cc2)/C=C\[C@H]1O[Si](C)(C)C(C)(C)C. The summed E-state index contributed by atoms with van der Waals surface area (Å²) in [4.78, 5) is 15.8. The normalized spacial score (nSPS) is 23.2. The van der Waals surface area contributed by atoms with Crippen molar-refractivity contribution < 1.29 is 9.22 Å². The Balaban J connectivity index is 2.01. The molecule has 0 aromatic heterocycles. The predicted molar refractivity (Wildman–Crippen MR) is 141 cm³/mol. The summed E-state index contributed by atoms with van der Waals surface area (Å²) in [6.45, 7) is 16.3. The van der Waals surface area contributed by atoms with Gasteiger partial charge in [0.25, 0.3) is 0 Å². The van der Waals surface area contributed by atoms with Crippen molar-refractivity contribution >= 4 is 14.2 Å². The fourth-order valence-electron chi connectivity index (χ4n) is 4.14. The second kappa shape index (κ2) is 10.4. The third-order valence-corrected chi connectivity index (χ3v) is 11.9. The molecule has 3 rings (SSSR count). The van der Waals surface area contributed by atoms with Crippen molar-refractivity contribution in [1.82, 2.24) is 4.90 Å². The molecule has 0 bridgehead atoms. The van der Waals surface area contributed by atoms with Crippen LogP contribution in [0, 0.1) is 12.8 Å². The zero-order valence-electron chi connectivity index (χ0n) is 21.5. The van der Waals surface area contributed by atoms with Crippen LogP contribution in [0.2, 0.25) is 18.1 Å². The molecule has 3 atom stereocenters. The summed E-state index contributed by atoms with van der Waals surface area (Å²) < 4.78 is 6.87. The molecule has 0 saturated heterocycles. The van der Waals surface area contributed by atoms with Crippen molar-refractivity contribution in [1.29, 1.82) is 0 Å². The van der Waals surface area contributed by atoms with E-state index in [2.05, 4.69) is 96.3 Å². The zero-order valence-corrected chi connectivity index (χ0v) is 22.5. The molecule has 1 aliphatic rings. The van der Waals surface area contributed by atoms with Crippen LogP contribution in [0.15, 0.2) is 66.7 Å². The zero-order chi connectivity index (χ0) is 24.2. The van der Waals surface area contributed by atoms with Crippen molar-refractivity contribution in [2.75, 3.05) is 0 Å². The molecule has 1 heterocycles. The van der Waals surface area contributed by atoms with E-state index in [1.165, 1.54) is 5.56 Å². The van der Waals surface area contributed by atoms with Gasteiger partial charge in [0.05, 0.1) is 12.1 Å². The number of aryl methyl sites for hydroxylation is 1. The molecule has 0 spiro atoms. The van der Waals surface area contributed by atoms with Crippen molar-refractivity contribution in [3.63, 3.8) is 0 Å². The van der Waals surface area contributed by atoms with E-state index in [1.54, 1.807) is 0 Å². The third kappa shape index (κ3) is 6.24. The largest absolute Gasteiger partial charge is 0.410 e. The van der Waals surface area contributed by atoms with Gasteiger partial charge < -0.3 is 9.33 Å². The Kier molecular flexibility index (Phi) is 8.02. The predicted octanol–water partition coefficient (Wildman–Crippen LogP) is 7.44. The Morgan fingerprint density at radius 3 is 2.21 bits per heavy atom. The Labute approximate surface area is 202 Å². The van der Waals surface area contributed by atoms with Crippen LogP contribution < -0.4 is 0 Å². The molecule has 2 aromatic carbocycles. The topological polar surface area (TPSA) is 29.5 Å². The maximum absolute atomic E-state index is 13.7. The molecule has 0 unspecified atom stereocenters. The minimum atomic E-state index is -1.97. The summed E-state index contributed by atoms with van der Waals surface area (Å²) in [6.07, 6.45) is 5.86. The summed E-state index contributed by atoms with van der Waals surface area (Å²) in [5, 5.41) is 0.126. The van der Waals surface area contributed by atoms with Crippen LogP contribution in [-0.4, -0.2) is 25.2 Å². The van der Waals surface area contributed by atoms with E-state index in [0.717, 1.165) is 17.5 Å². The summed E-state index contributed by atoms with van der Waals surface area (Å²) in [5.74, 6) is 0.379. The van der Waals surface area contributed by atoms with E-state index in [4.69, 9.17) is 4.43 Å². The van der Waals surface area contributed by atoms with E-state index in [0.29, 0.717) is 13.0 Å². The number of carbonyl (C=O) groups excluding carboxylic acids is 1. The van der Waals surface area contributed by atoms with Gasteiger partial charge in [-0.2, -0.15) is 0 Å². The quantitative estimate of drug-likeness (QED) is 0.329. The maximum atomic E-state index is 13.7. The highest BCUT2D eigenvalue weighted by atomic mass is 28.4. The number of hydrogen-bond acceptors (Lipinski definition) is 2. The van der Waals surface area contributed by atoms with Crippen LogP contribution in [0.1, 0.15) is 63.3 Å². The molecule has 0 fully saturated rings. The molecule has 33 heavy (non-hydrogen) atoms. The van der Waals surface area contributed by atoms with E-state index >= 15 is 0 Å². The maximum Gasteiger partial charge on any atom is 0.224 e. The fraction of sp³-hybridized carbons (Fsp3) is 0.483. The molecule has 0 saturated carbocycles. The molecule has 0 N–H and O–H groups in total. The van der Waals surface area contributed by atoms with E-state index in [9.17, 15) is 4.79 Å². The molecule has 0 radical (unpaired) electrons. The van der Waals surface area contributed by atoms with Gasteiger partial charge in [-0.3, -0.25) is 4.79 Å². The highest BCUT2D eigenvalue weighted by molar-refractivity contribution is 6.74. The number of benzene rings is 2. The van der Waals surface area contributed by atoms with Gasteiger partial charge in [0.2, 0.25) is 5.91 Å². The summed E-state index contributed by atoms with van der Waals surface area (Å²) in [5.41, 5.74) is 3.51. The van der Waals surface area contributed by atoms with Gasteiger partial charge in [-0.1, -0.05) is 106 Å². The monoisotopic (exact) mass is 463 g/mol. The van der Waals surface area contributed by atoms with Crippen molar-refractivity contribution in [3.8, 4) is 0 Å². The Morgan fingerprint density at radius 1 is 1.00 bits per heavy atom. The Bertz CT molecular complexity index is 944. The van der Waals surface area contributed by atoms with Gasteiger partial charge in [0, 0.05) is 13.0 Å². The highest BCUT2D eigenvalue weighted by Gasteiger charge is 2.41. The van der Waals surface area contributed by atoms with Crippen molar-refractivity contribution in [2.24, 2.45) is 5.92 Å². The molecule has 3 nitrogen and oxygen atoms in total. The second-order valence-corrected chi connectivity index (χ2v) is 15.7. The number of amides is 1. The van der Waals surface area contributed by atoms with Crippen molar-refractivity contribution in [2.45, 2.75) is 84.3 Å². The lowest BCUT2D eigenvalue weighted by Gasteiger charge is -2.42. The number of rotatable bonds is 6. The molecular formula is C29H41NO2Si. The molecule has 4 heteroatoms. The van der Waals surface area contributed by atoms with Crippen LogP contribution >= 0.6 is 0 Å². The first kappa shape index (κ1) is 25.4. The first-order valence-electron chi connectivity index (χ1n) is 12.3. The lowest BCUT2D eigenvalue weighted by atomic mass is 9.90. The van der Waals surface area contributed by atoms with Gasteiger partial charge in [0.1, 0.15) is 0 Å². The van der Waals surface area contributed by atoms with Crippen LogP contribution in [-0.2, 0) is 15.8 Å². The van der Waals surface area contributed by atoms with Gasteiger partial charge >= 0.3 is 0 Å². The molecule has 1 aliphatic heterocycles. The van der Waals surface area contributed by atoms with Gasteiger partial charge in [-0.15, -0.1) is 0 Å². The Hall–Kier alpha value is -2.17. The molecular weight excluding hydrogens is 422 g/mol. The lowest BCUT2D eigenvalue weighted by Crippen LogP contribution is -2.47. The Morgan fingerprint density at radius 2 is 1.64 bits per heavy atom. The minimum Gasteiger partial charge on any atom is -0.410 e. The first-order valence-corrected chi connectivity index (χ1v) is 15.2. The van der Waals surface area contributed by atoms with Gasteiger partial charge in [-0.25, -0.2) is 0 Å². The van der Waals surface area contributed by atoms with Crippen LogP contribution in [0.5, 0.6) is 0 Å². The lowest BCUT2D eigenvalue weighted by molar-refractivity contribution is -0.135. The summed E-state index contributed by atoms with van der Waals surface area (Å²) in [7, 11) is -1.97. The number of carbonyl (C=O) groups is 1. The average molecular weight is 464 g/mol. The van der Waals surface area contributed by atoms with Crippen LogP contribution in [0.3, 0.4) is 0 Å². The smallest absolute Gasteiger partial charge is 0.224 e. The van der Waals surface area contributed by atoms with Gasteiger partial charge in [0.15, 0.2) is 8.32 Å².